The lowest BCUT2D eigenvalue weighted by Gasteiger charge is -2.23. The van der Waals surface area contributed by atoms with Gasteiger partial charge in [0, 0.05) is 22.0 Å². The fraction of sp³-hybridized carbons (Fsp3) is 0.333. The quantitative estimate of drug-likeness (QED) is 0.833. The Kier molecular flexibility index (Phi) is 4.81. The van der Waals surface area contributed by atoms with Crippen molar-refractivity contribution in [3.05, 3.63) is 34.1 Å². The van der Waals surface area contributed by atoms with Crippen LogP contribution >= 0.6 is 28.1 Å². The van der Waals surface area contributed by atoms with Gasteiger partial charge in [0.15, 0.2) is 0 Å². The molecule has 98 valence electrons. The van der Waals surface area contributed by atoms with Crippen LogP contribution in [0.4, 0.5) is 4.39 Å². The van der Waals surface area contributed by atoms with E-state index in [0.29, 0.717) is 16.0 Å². The Morgan fingerprint density at radius 3 is 2.61 bits per heavy atom. The summed E-state index contributed by atoms with van der Waals surface area (Å²) in [7, 11) is 0. The lowest BCUT2D eigenvalue weighted by Crippen LogP contribution is -2.41. The third-order valence-corrected chi connectivity index (χ3v) is 3.49. The summed E-state index contributed by atoms with van der Waals surface area (Å²) in [6.07, 6.45) is 0. The van der Waals surface area contributed by atoms with E-state index >= 15 is 0 Å². The highest BCUT2D eigenvalue weighted by Crippen LogP contribution is 2.16. The second kappa shape index (κ2) is 5.75. The van der Waals surface area contributed by atoms with Gasteiger partial charge in [-0.3, -0.25) is 4.79 Å². The third-order valence-electron chi connectivity index (χ3n) is 2.48. The van der Waals surface area contributed by atoms with Crippen LogP contribution in [0, 0.1) is 11.2 Å². The van der Waals surface area contributed by atoms with Crippen molar-refractivity contribution in [1.29, 1.82) is 0 Å². The third kappa shape index (κ3) is 4.03. The van der Waals surface area contributed by atoms with E-state index in [9.17, 15) is 9.18 Å². The van der Waals surface area contributed by atoms with E-state index in [-0.39, 0.29) is 11.5 Å². The molecule has 0 spiro atoms. The first-order valence-corrected chi connectivity index (χ1v) is 6.47. The average Bonchev–Trinajstić information content (AvgIpc) is 2.24. The first kappa shape index (κ1) is 15.0. The molecule has 3 nitrogen and oxygen atoms in total. The molecule has 0 heterocycles. The molecule has 0 saturated carbocycles. The van der Waals surface area contributed by atoms with Crippen molar-refractivity contribution >= 4 is 39.0 Å². The summed E-state index contributed by atoms with van der Waals surface area (Å²) in [5.41, 5.74) is 5.33. The minimum absolute atomic E-state index is 0.251. The van der Waals surface area contributed by atoms with E-state index < -0.39 is 11.2 Å². The Morgan fingerprint density at radius 2 is 2.11 bits per heavy atom. The Labute approximate surface area is 119 Å². The maximum Gasteiger partial charge on any atom is 0.251 e. The topological polar surface area (TPSA) is 55.1 Å². The van der Waals surface area contributed by atoms with Gasteiger partial charge in [-0.15, -0.1) is 0 Å². The standard InChI is InChI=1S/C12H14BrFN2OS/c1-12(2,11(15)18)6-16-10(17)7-3-8(13)5-9(14)4-7/h3-5H,6H2,1-2H3,(H2,15,18)(H,16,17). The Hall–Kier alpha value is -1.01. The predicted molar refractivity (Wildman–Crippen MR) is 77.0 cm³/mol. The zero-order valence-electron chi connectivity index (χ0n) is 10.1. The molecule has 0 atom stereocenters. The second-order valence-corrected chi connectivity index (χ2v) is 5.94. The van der Waals surface area contributed by atoms with Crippen LogP contribution in [0.3, 0.4) is 0 Å². The van der Waals surface area contributed by atoms with E-state index in [2.05, 4.69) is 21.2 Å². The molecule has 1 rings (SSSR count). The monoisotopic (exact) mass is 332 g/mol. The van der Waals surface area contributed by atoms with E-state index in [0.717, 1.165) is 0 Å². The van der Waals surface area contributed by atoms with Crippen LogP contribution in [0.2, 0.25) is 0 Å². The first-order chi connectivity index (χ1) is 8.22. The van der Waals surface area contributed by atoms with Gasteiger partial charge < -0.3 is 11.1 Å². The molecule has 0 fully saturated rings. The first-order valence-electron chi connectivity index (χ1n) is 5.26. The number of hydrogen-bond acceptors (Lipinski definition) is 2. The highest BCUT2D eigenvalue weighted by atomic mass is 79.9. The molecule has 6 heteroatoms. The Bertz CT molecular complexity index is 471. The molecule has 0 unspecified atom stereocenters. The molecule has 0 aliphatic rings. The number of rotatable bonds is 4. The number of carbonyl (C=O) groups is 1. The van der Waals surface area contributed by atoms with Crippen molar-refractivity contribution in [2.75, 3.05) is 6.54 Å². The zero-order chi connectivity index (χ0) is 13.9. The van der Waals surface area contributed by atoms with Crippen LogP contribution in [0.5, 0.6) is 0 Å². The molecule has 0 aliphatic carbocycles. The molecule has 1 amide bonds. The van der Waals surface area contributed by atoms with Gasteiger partial charge in [-0.25, -0.2) is 4.39 Å². The fourth-order valence-corrected chi connectivity index (χ4v) is 1.71. The molecule has 3 N–H and O–H groups in total. The number of benzene rings is 1. The molecule has 0 aliphatic heterocycles. The van der Waals surface area contributed by atoms with E-state index in [1.807, 2.05) is 13.8 Å². The number of nitrogens with one attached hydrogen (secondary N) is 1. The fourth-order valence-electron chi connectivity index (χ4n) is 1.18. The van der Waals surface area contributed by atoms with E-state index in [1.54, 1.807) is 6.07 Å². The van der Waals surface area contributed by atoms with Crippen LogP contribution in [-0.4, -0.2) is 17.4 Å². The van der Waals surface area contributed by atoms with Gasteiger partial charge in [-0.1, -0.05) is 42.0 Å². The highest BCUT2D eigenvalue weighted by molar-refractivity contribution is 9.10. The molecule has 1 aromatic rings. The molecule has 0 aromatic heterocycles. The van der Waals surface area contributed by atoms with Gasteiger partial charge in [0.1, 0.15) is 5.82 Å². The van der Waals surface area contributed by atoms with Crippen molar-refractivity contribution in [3.63, 3.8) is 0 Å². The Morgan fingerprint density at radius 1 is 1.50 bits per heavy atom. The minimum atomic E-state index is -0.477. The highest BCUT2D eigenvalue weighted by Gasteiger charge is 2.22. The average molecular weight is 333 g/mol. The number of carbonyl (C=O) groups excluding carboxylic acids is 1. The summed E-state index contributed by atoms with van der Waals surface area (Å²) < 4.78 is 13.7. The number of halogens is 2. The summed E-state index contributed by atoms with van der Waals surface area (Å²) in [5.74, 6) is -0.831. The lowest BCUT2D eigenvalue weighted by molar-refractivity contribution is 0.0944. The van der Waals surface area contributed by atoms with Crippen LogP contribution in [0.1, 0.15) is 24.2 Å². The summed E-state index contributed by atoms with van der Waals surface area (Å²) in [6, 6.07) is 4.01. The minimum Gasteiger partial charge on any atom is -0.393 e. The molecule has 0 bridgehead atoms. The number of thiocarbonyl (C=S) groups is 1. The van der Waals surface area contributed by atoms with Gasteiger partial charge in [0.05, 0.1) is 4.99 Å². The van der Waals surface area contributed by atoms with Crippen LogP contribution in [0.15, 0.2) is 22.7 Å². The summed E-state index contributed by atoms with van der Waals surface area (Å²) in [4.78, 5) is 12.2. The number of amides is 1. The summed E-state index contributed by atoms with van der Waals surface area (Å²) >= 11 is 8.04. The van der Waals surface area contributed by atoms with Gasteiger partial charge in [-0.05, 0) is 18.2 Å². The van der Waals surface area contributed by atoms with Crippen LogP contribution in [0.25, 0.3) is 0 Å². The maximum absolute atomic E-state index is 13.1. The number of nitrogens with two attached hydrogens (primary N) is 1. The largest absolute Gasteiger partial charge is 0.393 e. The summed E-state index contributed by atoms with van der Waals surface area (Å²) in [5, 5.41) is 2.68. The second-order valence-electron chi connectivity index (χ2n) is 4.59. The maximum atomic E-state index is 13.1. The predicted octanol–water partition coefficient (Wildman–Crippen LogP) is 2.63. The van der Waals surface area contributed by atoms with Gasteiger partial charge >= 0.3 is 0 Å². The molecule has 0 radical (unpaired) electrons. The van der Waals surface area contributed by atoms with Gasteiger partial charge in [0.25, 0.3) is 5.91 Å². The van der Waals surface area contributed by atoms with Crippen molar-refractivity contribution in [2.45, 2.75) is 13.8 Å². The molecular weight excluding hydrogens is 319 g/mol. The van der Waals surface area contributed by atoms with Crippen LogP contribution < -0.4 is 11.1 Å². The van der Waals surface area contributed by atoms with Crippen molar-refractivity contribution in [1.82, 2.24) is 5.32 Å². The van der Waals surface area contributed by atoms with Crippen molar-refractivity contribution in [2.24, 2.45) is 11.1 Å². The Balaban J connectivity index is 2.75. The zero-order valence-corrected chi connectivity index (χ0v) is 12.5. The van der Waals surface area contributed by atoms with Crippen LogP contribution in [-0.2, 0) is 0 Å². The smallest absolute Gasteiger partial charge is 0.251 e. The van der Waals surface area contributed by atoms with E-state index in [4.69, 9.17) is 18.0 Å². The summed E-state index contributed by atoms with van der Waals surface area (Å²) in [6.45, 7) is 3.96. The molecule has 1 aromatic carbocycles. The van der Waals surface area contributed by atoms with E-state index in [1.165, 1.54) is 12.1 Å². The van der Waals surface area contributed by atoms with Gasteiger partial charge in [-0.2, -0.15) is 0 Å². The van der Waals surface area contributed by atoms with Crippen molar-refractivity contribution < 1.29 is 9.18 Å². The molecule has 0 saturated heterocycles. The molecule has 18 heavy (non-hydrogen) atoms. The normalized spacial score (nSPS) is 11.1. The van der Waals surface area contributed by atoms with Crippen molar-refractivity contribution in [3.8, 4) is 0 Å². The lowest BCUT2D eigenvalue weighted by atomic mass is 9.93. The van der Waals surface area contributed by atoms with Gasteiger partial charge in [0.2, 0.25) is 0 Å². The number of hydrogen-bond donors (Lipinski definition) is 2. The SMILES string of the molecule is CC(C)(CNC(=O)c1cc(F)cc(Br)c1)C(N)=S. The molecular formula is C12H14BrFN2OS.